The second-order valence-corrected chi connectivity index (χ2v) is 14.5. The molecule has 2 heterocycles. The molecule has 8 aromatic carbocycles. The molecular formula is C48H35NO. The first-order valence-corrected chi connectivity index (χ1v) is 17.4. The zero-order valence-corrected chi connectivity index (χ0v) is 28.4. The molecule has 0 saturated heterocycles. The van der Waals surface area contributed by atoms with Gasteiger partial charge in [0.15, 0.2) is 0 Å². The quantitative estimate of drug-likeness (QED) is 0.176. The Balaban J connectivity index is 1.16. The van der Waals surface area contributed by atoms with Crippen LogP contribution < -0.4 is 0 Å². The Hall–Kier alpha value is -6.12. The summed E-state index contributed by atoms with van der Waals surface area (Å²) in [4.78, 5) is 0. The molecule has 2 heteroatoms. The zero-order chi connectivity index (χ0) is 33.6. The van der Waals surface area contributed by atoms with Crippen LogP contribution in [-0.4, -0.2) is 4.57 Å². The summed E-state index contributed by atoms with van der Waals surface area (Å²) >= 11 is 0. The van der Waals surface area contributed by atoms with Gasteiger partial charge < -0.3 is 8.98 Å². The van der Waals surface area contributed by atoms with Crippen molar-refractivity contribution in [2.75, 3.05) is 0 Å². The van der Waals surface area contributed by atoms with E-state index in [0.717, 1.165) is 33.2 Å². The third-order valence-corrected chi connectivity index (χ3v) is 10.6. The van der Waals surface area contributed by atoms with E-state index in [4.69, 9.17) is 4.42 Å². The van der Waals surface area contributed by atoms with Gasteiger partial charge >= 0.3 is 0 Å². The van der Waals surface area contributed by atoms with E-state index >= 15 is 0 Å². The maximum absolute atomic E-state index is 6.72. The molecule has 2 nitrogen and oxygen atoms in total. The fourth-order valence-corrected chi connectivity index (χ4v) is 8.15. The minimum atomic E-state index is 0.106. The highest BCUT2D eigenvalue weighted by Gasteiger charge is 2.20. The molecule has 0 atom stereocenters. The topological polar surface area (TPSA) is 18.1 Å². The number of nitrogens with zero attached hydrogens (tertiary/aromatic N) is 1. The Morgan fingerprint density at radius 1 is 0.400 bits per heavy atom. The van der Waals surface area contributed by atoms with Crippen molar-refractivity contribution in [1.82, 2.24) is 4.57 Å². The van der Waals surface area contributed by atoms with E-state index in [-0.39, 0.29) is 5.41 Å². The van der Waals surface area contributed by atoms with Gasteiger partial charge in [0.1, 0.15) is 11.2 Å². The number of hydrogen-bond acceptors (Lipinski definition) is 1. The van der Waals surface area contributed by atoms with E-state index in [0.29, 0.717) is 0 Å². The molecule has 2 aromatic heterocycles. The van der Waals surface area contributed by atoms with Gasteiger partial charge in [0.05, 0.1) is 11.0 Å². The van der Waals surface area contributed by atoms with Gasteiger partial charge in [0.2, 0.25) is 0 Å². The Bertz CT molecular complexity index is 2840. The molecule has 0 amide bonds. The molecule has 0 N–H and O–H groups in total. The predicted molar refractivity (Wildman–Crippen MR) is 213 cm³/mol. The van der Waals surface area contributed by atoms with Gasteiger partial charge in [-0.15, -0.1) is 0 Å². The molecule has 0 aliphatic carbocycles. The summed E-state index contributed by atoms with van der Waals surface area (Å²) in [6, 6.07) is 57.5. The average Bonchev–Trinajstić information content (AvgIpc) is 3.68. The third kappa shape index (κ3) is 4.28. The minimum Gasteiger partial charge on any atom is -0.456 e. The normalized spacial score (nSPS) is 12.3. The van der Waals surface area contributed by atoms with Crippen molar-refractivity contribution in [2.45, 2.75) is 26.2 Å². The van der Waals surface area contributed by atoms with Crippen LogP contribution in [0.4, 0.5) is 0 Å². The average molecular weight is 642 g/mol. The molecule has 0 aliphatic heterocycles. The summed E-state index contributed by atoms with van der Waals surface area (Å²) < 4.78 is 9.07. The summed E-state index contributed by atoms with van der Waals surface area (Å²) in [7, 11) is 0. The van der Waals surface area contributed by atoms with Gasteiger partial charge in [0, 0.05) is 33.3 Å². The summed E-state index contributed by atoms with van der Waals surface area (Å²) in [5.74, 6) is 0. The first-order valence-electron chi connectivity index (χ1n) is 17.4. The van der Waals surface area contributed by atoms with E-state index in [1.807, 2.05) is 0 Å². The number of fused-ring (bicyclic) bond motifs is 8. The SMILES string of the molecule is CC(C)(C)c1ccc(-c2c3ccccc3c(-c3ccc4c(c3)oc3cc(-n5c6ccccc6c6ccccc65)ccc34)c3ccccc23)cc1. The van der Waals surface area contributed by atoms with Crippen LogP contribution in [0.5, 0.6) is 0 Å². The summed E-state index contributed by atoms with van der Waals surface area (Å²) in [5.41, 5.74) is 11.6. The maximum atomic E-state index is 6.72. The van der Waals surface area contributed by atoms with Crippen molar-refractivity contribution in [1.29, 1.82) is 0 Å². The molecular weight excluding hydrogens is 607 g/mol. The lowest BCUT2D eigenvalue weighted by Gasteiger charge is -2.21. The monoisotopic (exact) mass is 641 g/mol. The number of aromatic nitrogens is 1. The van der Waals surface area contributed by atoms with Crippen LogP contribution >= 0.6 is 0 Å². The summed E-state index contributed by atoms with van der Waals surface area (Å²) in [6.45, 7) is 6.81. The number of rotatable bonds is 3. The number of hydrogen-bond donors (Lipinski definition) is 0. The van der Waals surface area contributed by atoms with Crippen LogP contribution in [0.3, 0.4) is 0 Å². The van der Waals surface area contributed by atoms with E-state index < -0.39 is 0 Å². The largest absolute Gasteiger partial charge is 0.456 e. The lowest BCUT2D eigenvalue weighted by molar-refractivity contribution is 0.590. The molecule has 238 valence electrons. The molecule has 0 spiro atoms. The van der Waals surface area contributed by atoms with Crippen molar-refractivity contribution in [2.24, 2.45) is 0 Å². The first kappa shape index (κ1) is 28.9. The van der Waals surface area contributed by atoms with E-state index in [2.05, 4.69) is 183 Å². The highest BCUT2D eigenvalue weighted by atomic mass is 16.3. The molecule has 10 rings (SSSR count). The summed E-state index contributed by atoms with van der Waals surface area (Å²) in [6.07, 6.45) is 0. The third-order valence-electron chi connectivity index (χ3n) is 10.6. The van der Waals surface area contributed by atoms with E-state index in [9.17, 15) is 0 Å². The van der Waals surface area contributed by atoms with Crippen LogP contribution in [0, 0.1) is 0 Å². The van der Waals surface area contributed by atoms with Gasteiger partial charge in [0.25, 0.3) is 0 Å². The Labute approximate surface area is 290 Å². The van der Waals surface area contributed by atoms with Crippen molar-refractivity contribution in [3.8, 4) is 27.9 Å². The van der Waals surface area contributed by atoms with Gasteiger partial charge in [-0.1, -0.05) is 136 Å². The lowest BCUT2D eigenvalue weighted by Crippen LogP contribution is -2.10. The van der Waals surface area contributed by atoms with Crippen LogP contribution in [0.1, 0.15) is 26.3 Å². The molecule has 0 saturated carbocycles. The molecule has 0 unspecified atom stereocenters. The van der Waals surface area contributed by atoms with Crippen molar-refractivity contribution >= 4 is 65.3 Å². The number of benzene rings is 8. The Morgan fingerprint density at radius 3 is 1.38 bits per heavy atom. The molecule has 0 radical (unpaired) electrons. The highest BCUT2D eigenvalue weighted by Crippen LogP contribution is 2.45. The van der Waals surface area contributed by atoms with Crippen molar-refractivity contribution < 1.29 is 4.42 Å². The maximum Gasteiger partial charge on any atom is 0.137 e. The predicted octanol–water partition coefficient (Wildman–Crippen LogP) is 13.6. The Kier molecular flexibility index (Phi) is 6.17. The van der Waals surface area contributed by atoms with Gasteiger partial charge in [-0.25, -0.2) is 0 Å². The highest BCUT2D eigenvalue weighted by molar-refractivity contribution is 6.22. The standard InChI is InChI=1S/C48H35NO/c1-48(2,3)32-23-20-30(21-24-32)46-38-14-4-6-16-40(38)47(41-17-7-5-15-39(41)46)31-22-26-36-37-27-25-33(29-45(37)50-44(36)28-31)49-42-18-10-8-12-34(42)35-13-9-11-19-43(35)49/h4-29H,1-3H3. The fraction of sp³-hybridized carbons (Fsp3) is 0.0833. The van der Waals surface area contributed by atoms with Gasteiger partial charge in [-0.3, -0.25) is 0 Å². The second kappa shape index (κ2) is 10.7. The molecule has 50 heavy (non-hydrogen) atoms. The molecule has 10 aromatic rings. The molecule has 0 fully saturated rings. The van der Waals surface area contributed by atoms with Gasteiger partial charge in [-0.2, -0.15) is 0 Å². The van der Waals surface area contributed by atoms with E-state index in [1.54, 1.807) is 0 Å². The lowest BCUT2D eigenvalue weighted by atomic mass is 9.83. The van der Waals surface area contributed by atoms with Crippen molar-refractivity contribution in [3.05, 3.63) is 163 Å². The molecule has 0 bridgehead atoms. The van der Waals surface area contributed by atoms with E-state index in [1.165, 1.54) is 65.6 Å². The van der Waals surface area contributed by atoms with Crippen LogP contribution in [0.25, 0.3) is 93.2 Å². The number of para-hydroxylation sites is 2. The summed E-state index contributed by atoms with van der Waals surface area (Å²) in [5, 5.41) is 9.75. The molecule has 0 aliphatic rings. The number of furan rings is 1. The smallest absolute Gasteiger partial charge is 0.137 e. The van der Waals surface area contributed by atoms with Crippen LogP contribution in [0.2, 0.25) is 0 Å². The zero-order valence-electron chi connectivity index (χ0n) is 28.4. The Morgan fingerprint density at radius 2 is 0.840 bits per heavy atom. The minimum absolute atomic E-state index is 0.106. The first-order chi connectivity index (χ1) is 24.4. The van der Waals surface area contributed by atoms with Gasteiger partial charge in [-0.05, 0) is 91.2 Å². The second-order valence-electron chi connectivity index (χ2n) is 14.5. The fourth-order valence-electron chi connectivity index (χ4n) is 8.15. The van der Waals surface area contributed by atoms with Crippen LogP contribution in [-0.2, 0) is 5.41 Å². The van der Waals surface area contributed by atoms with Crippen molar-refractivity contribution in [3.63, 3.8) is 0 Å². The van der Waals surface area contributed by atoms with Crippen LogP contribution in [0.15, 0.2) is 162 Å².